The maximum atomic E-state index is 12.0. The second-order valence-corrected chi connectivity index (χ2v) is 5.81. The van der Waals surface area contributed by atoms with Crippen LogP contribution in [0.1, 0.15) is 36.7 Å². The van der Waals surface area contributed by atoms with Crippen molar-refractivity contribution >= 4 is 21.8 Å². The van der Waals surface area contributed by atoms with E-state index in [1.54, 1.807) is 0 Å². The highest BCUT2D eigenvalue weighted by Gasteiger charge is 2.12. The molecule has 17 heavy (non-hydrogen) atoms. The monoisotopic (exact) mass is 297 g/mol. The molecule has 0 heterocycles. The molecule has 94 valence electrons. The van der Waals surface area contributed by atoms with Crippen LogP contribution in [-0.2, 0) is 0 Å². The van der Waals surface area contributed by atoms with Crippen molar-refractivity contribution in [3.63, 3.8) is 0 Å². The molecule has 1 amide bonds. The fourth-order valence-corrected chi connectivity index (χ4v) is 1.78. The zero-order valence-corrected chi connectivity index (χ0v) is 12.5. The van der Waals surface area contributed by atoms with E-state index in [2.05, 4.69) is 42.0 Å². The first-order valence-corrected chi connectivity index (χ1v) is 6.75. The lowest BCUT2D eigenvalue weighted by molar-refractivity contribution is 0.0944. The van der Waals surface area contributed by atoms with Crippen LogP contribution in [0.25, 0.3) is 0 Å². The van der Waals surface area contributed by atoms with Gasteiger partial charge in [-0.15, -0.1) is 0 Å². The Balaban J connectivity index is 2.67. The van der Waals surface area contributed by atoms with E-state index in [9.17, 15) is 4.79 Å². The number of halogens is 1. The Kier molecular flexibility index (Phi) is 5.19. The molecule has 1 rings (SSSR count). The van der Waals surface area contributed by atoms with Gasteiger partial charge in [0.1, 0.15) is 0 Å². The molecule has 0 bridgehead atoms. The lowest BCUT2D eigenvalue weighted by Gasteiger charge is -2.16. The average molecular weight is 298 g/mol. The summed E-state index contributed by atoms with van der Waals surface area (Å²) in [5, 5.41) is 2.99. The van der Waals surface area contributed by atoms with Crippen LogP contribution >= 0.6 is 15.9 Å². The third-order valence-electron chi connectivity index (χ3n) is 3.17. The van der Waals surface area contributed by atoms with Crippen LogP contribution in [0, 0.1) is 18.8 Å². The minimum Gasteiger partial charge on any atom is -0.352 e. The first-order valence-electron chi connectivity index (χ1n) is 5.96. The van der Waals surface area contributed by atoms with Crippen molar-refractivity contribution in [1.82, 2.24) is 5.32 Å². The van der Waals surface area contributed by atoms with Gasteiger partial charge in [0.15, 0.2) is 0 Å². The molecule has 0 aliphatic carbocycles. The van der Waals surface area contributed by atoms with E-state index in [-0.39, 0.29) is 5.91 Å². The first kappa shape index (κ1) is 14.2. The van der Waals surface area contributed by atoms with E-state index in [0.29, 0.717) is 11.8 Å². The highest BCUT2D eigenvalue weighted by atomic mass is 79.9. The first-order chi connectivity index (χ1) is 7.91. The van der Waals surface area contributed by atoms with E-state index < -0.39 is 0 Å². The van der Waals surface area contributed by atoms with Gasteiger partial charge >= 0.3 is 0 Å². The fourth-order valence-electron chi connectivity index (χ4n) is 1.42. The Bertz CT molecular complexity index is 401. The molecule has 0 aliphatic heterocycles. The van der Waals surface area contributed by atoms with Gasteiger partial charge in [0.25, 0.3) is 5.91 Å². The molecule has 1 aromatic rings. The summed E-state index contributed by atoms with van der Waals surface area (Å²) < 4.78 is 0.935. The van der Waals surface area contributed by atoms with Gasteiger partial charge in [0.05, 0.1) is 0 Å². The van der Waals surface area contributed by atoms with E-state index >= 15 is 0 Å². The van der Waals surface area contributed by atoms with Crippen LogP contribution in [0.15, 0.2) is 22.7 Å². The molecule has 0 saturated heterocycles. The van der Waals surface area contributed by atoms with Crippen molar-refractivity contribution in [3.8, 4) is 0 Å². The van der Waals surface area contributed by atoms with Gasteiger partial charge < -0.3 is 5.32 Å². The molecule has 0 aromatic heterocycles. The van der Waals surface area contributed by atoms with E-state index in [1.807, 2.05) is 25.1 Å². The predicted molar refractivity (Wildman–Crippen MR) is 75.2 cm³/mol. The van der Waals surface area contributed by atoms with Crippen molar-refractivity contribution in [1.29, 1.82) is 0 Å². The van der Waals surface area contributed by atoms with Gasteiger partial charge in [-0.2, -0.15) is 0 Å². The third-order valence-corrected chi connectivity index (χ3v) is 3.66. The zero-order valence-electron chi connectivity index (χ0n) is 10.9. The van der Waals surface area contributed by atoms with Crippen molar-refractivity contribution in [2.24, 2.45) is 11.8 Å². The van der Waals surface area contributed by atoms with Crippen LogP contribution in [0.3, 0.4) is 0 Å². The van der Waals surface area contributed by atoms with Gasteiger partial charge in [0.2, 0.25) is 0 Å². The summed E-state index contributed by atoms with van der Waals surface area (Å²) >= 11 is 3.39. The molecule has 1 aromatic carbocycles. The molecule has 1 atom stereocenters. The standard InChI is InChI=1S/C14H20BrNO/c1-9(2)11(4)8-16-14(17)13-7-12(15)6-5-10(13)3/h5-7,9,11H,8H2,1-4H3,(H,16,17). The Morgan fingerprint density at radius 2 is 2.00 bits per heavy atom. The average Bonchev–Trinajstić information content (AvgIpc) is 2.28. The molecule has 3 heteroatoms. The van der Waals surface area contributed by atoms with Gasteiger partial charge in [-0.05, 0) is 36.5 Å². The summed E-state index contributed by atoms with van der Waals surface area (Å²) in [6, 6.07) is 5.76. The quantitative estimate of drug-likeness (QED) is 0.900. The zero-order chi connectivity index (χ0) is 13.0. The van der Waals surface area contributed by atoms with Gasteiger partial charge in [-0.25, -0.2) is 0 Å². The second-order valence-electron chi connectivity index (χ2n) is 4.89. The van der Waals surface area contributed by atoms with Gasteiger partial charge in [-0.1, -0.05) is 42.8 Å². The summed E-state index contributed by atoms with van der Waals surface area (Å²) in [6.07, 6.45) is 0. The molecule has 0 aliphatic rings. The van der Waals surface area contributed by atoms with Gasteiger partial charge in [0, 0.05) is 16.6 Å². The molecule has 0 radical (unpaired) electrons. The smallest absolute Gasteiger partial charge is 0.251 e. The topological polar surface area (TPSA) is 29.1 Å². The number of hydrogen-bond donors (Lipinski definition) is 1. The van der Waals surface area contributed by atoms with Crippen LogP contribution < -0.4 is 5.32 Å². The van der Waals surface area contributed by atoms with Crippen LogP contribution in [0.2, 0.25) is 0 Å². The normalized spacial score (nSPS) is 12.6. The largest absolute Gasteiger partial charge is 0.352 e. The number of carbonyl (C=O) groups is 1. The van der Waals surface area contributed by atoms with E-state index in [4.69, 9.17) is 0 Å². The van der Waals surface area contributed by atoms with E-state index in [0.717, 1.165) is 22.1 Å². The molecular formula is C14H20BrNO. The molecule has 1 N–H and O–H groups in total. The lowest BCUT2D eigenvalue weighted by atomic mass is 9.98. The molecular weight excluding hydrogens is 278 g/mol. The highest BCUT2D eigenvalue weighted by Crippen LogP contribution is 2.16. The number of amides is 1. The van der Waals surface area contributed by atoms with Crippen molar-refractivity contribution in [3.05, 3.63) is 33.8 Å². The van der Waals surface area contributed by atoms with Gasteiger partial charge in [-0.3, -0.25) is 4.79 Å². The number of rotatable bonds is 4. The van der Waals surface area contributed by atoms with Crippen LogP contribution in [0.5, 0.6) is 0 Å². The van der Waals surface area contributed by atoms with E-state index in [1.165, 1.54) is 0 Å². The summed E-state index contributed by atoms with van der Waals surface area (Å²) in [7, 11) is 0. The maximum Gasteiger partial charge on any atom is 0.251 e. The lowest BCUT2D eigenvalue weighted by Crippen LogP contribution is -2.30. The summed E-state index contributed by atoms with van der Waals surface area (Å²) in [6.45, 7) is 9.16. The number of hydrogen-bond acceptors (Lipinski definition) is 1. The van der Waals surface area contributed by atoms with Crippen molar-refractivity contribution in [2.75, 3.05) is 6.54 Å². The third kappa shape index (κ3) is 4.15. The molecule has 2 nitrogen and oxygen atoms in total. The Hall–Kier alpha value is -0.830. The van der Waals surface area contributed by atoms with Crippen LogP contribution in [-0.4, -0.2) is 12.5 Å². The second kappa shape index (κ2) is 6.20. The molecule has 1 unspecified atom stereocenters. The molecule has 0 fully saturated rings. The SMILES string of the molecule is Cc1ccc(Br)cc1C(=O)NCC(C)C(C)C. The number of nitrogens with one attached hydrogen (secondary N) is 1. The van der Waals surface area contributed by atoms with Crippen LogP contribution in [0.4, 0.5) is 0 Å². The summed E-state index contributed by atoms with van der Waals surface area (Å²) in [4.78, 5) is 12.0. The Morgan fingerprint density at radius 1 is 1.35 bits per heavy atom. The van der Waals surface area contributed by atoms with Crippen molar-refractivity contribution in [2.45, 2.75) is 27.7 Å². The molecule has 0 saturated carbocycles. The number of carbonyl (C=O) groups excluding carboxylic acids is 1. The van der Waals surface area contributed by atoms with Crippen molar-refractivity contribution < 1.29 is 4.79 Å². The fraction of sp³-hybridized carbons (Fsp3) is 0.500. The summed E-state index contributed by atoms with van der Waals surface area (Å²) in [5.74, 6) is 1.08. The Labute approximate surface area is 112 Å². The Morgan fingerprint density at radius 3 is 2.59 bits per heavy atom. The number of aryl methyl sites for hydroxylation is 1. The highest BCUT2D eigenvalue weighted by molar-refractivity contribution is 9.10. The summed E-state index contributed by atoms with van der Waals surface area (Å²) in [5.41, 5.74) is 1.75. The number of benzene rings is 1. The predicted octanol–water partition coefficient (Wildman–Crippen LogP) is 3.78. The maximum absolute atomic E-state index is 12.0. The minimum atomic E-state index is 0.0105. The molecule has 0 spiro atoms. The minimum absolute atomic E-state index is 0.0105.